The molecule has 0 saturated heterocycles. The van der Waals surface area contributed by atoms with Gasteiger partial charge in [0.25, 0.3) is 5.91 Å². The second kappa shape index (κ2) is 7.80. The molecule has 0 fully saturated rings. The summed E-state index contributed by atoms with van der Waals surface area (Å²) in [5, 5.41) is 4.59. The Morgan fingerprint density at radius 1 is 1.17 bits per heavy atom. The van der Waals surface area contributed by atoms with Gasteiger partial charge in [0.15, 0.2) is 5.69 Å². The largest absolute Gasteiger partial charge is 0.372 e. The summed E-state index contributed by atoms with van der Waals surface area (Å²) >= 11 is 1.81. The minimum absolute atomic E-state index is 0.0130. The molecular weight excluding hydrogens is 399 g/mol. The summed E-state index contributed by atoms with van der Waals surface area (Å²) in [5.74, 6) is 0.635. The van der Waals surface area contributed by atoms with Gasteiger partial charge in [-0.15, -0.1) is 11.8 Å². The molecule has 0 N–H and O–H groups in total. The van der Waals surface area contributed by atoms with Gasteiger partial charge in [-0.25, -0.2) is 4.39 Å². The number of anilines is 1. The van der Waals surface area contributed by atoms with Crippen LogP contribution in [0.1, 0.15) is 21.6 Å². The molecule has 154 valence electrons. The minimum atomic E-state index is -0.252. The molecule has 1 aromatic heterocycles. The topological polar surface area (TPSA) is 41.4 Å². The normalized spacial score (nSPS) is 18.7. The SMILES string of the molecule is CN1C[C@@H](N2CCc3cn(Cc4ccc(F)cc4)nc3C2=O)CSc2ccccc21. The van der Waals surface area contributed by atoms with E-state index in [1.54, 1.807) is 16.8 Å². The van der Waals surface area contributed by atoms with Crippen LogP contribution in [-0.4, -0.2) is 52.5 Å². The van der Waals surface area contributed by atoms with Crippen LogP contribution in [0.2, 0.25) is 0 Å². The van der Waals surface area contributed by atoms with Gasteiger partial charge in [0, 0.05) is 42.5 Å². The summed E-state index contributed by atoms with van der Waals surface area (Å²) in [6.07, 6.45) is 2.76. The zero-order chi connectivity index (χ0) is 20.7. The quantitative estimate of drug-likeness (QED) is 0.646. The Bertz CT molecular complexity index is 1080. The van der Waals surface area contributed by atoms with Crippen molar-refractivity contribution >= 4 is 23.4 Å². The fraction of sp³-hybridized carbons (Fsp3) is 0.304. The number of fused-ring (bicyclic) bond motifs is 2. The summed E-state index contributed by atoms with van der Waals surface area (Å²) < 4.78 is 14.9. The Labute approximate surface area is 179 Å². The van der Waals surface area contributed by atoms with Crippen molar-refractivity contribution in [1.29, 1.82) is 0 Å². The molecule has 30 heavy (non-hydrogen) atoms. The number of rotatable bonds is 3. The number of carbonyl (C=O) groups excluding carboxylic acids is 1. The summed E-state index contributed by atoms with van der Waals surface area (Å²) in [4.78, 5) is 18.8. The van der Waals surface area contributed by atoms with E-state index in [0.29, 0.717) is 18.8 Å². The first kappa shape index (κ1) is 19.2. The number of carbonyl (C=O) groups is 1. The van der Waals surface area contributed by atoms with Crippen molar-refractivity contribution in [2.75, 3.05) is 30.8 Å². The van der Waals surface area contributed by atoms with Crippen molar-refractivity contribution in [2.45, 2.75) is 23.9 Å². The maximum atomic E-state index is 13.3. The van der Waals surface area contributed by atoms with Gasteiger partial charge in [-0.2, -0.15) is 5.10 Å². The van der Waals surface area contributed by atoms with Crippen LogP contribution in [0.3, 0.4) is 0 Å². The molecule has 2 aliphatic rings. The number of para-hydroxylation sites is 1. The van der Waals surface area contributed by atoms with Gasteiger partial charge < -0.3 is 9.80 Å². The minimum Gasteiger partial charge on any atom is -0.372 e. The standard InChI is InChI=1S/C23H23FN4OS/c1-26-14-19(15-30-21-5-3-2-4-20(21)26)28-11-10-17-13-27(25-22(17)23(28)29)12-16-6-8-18(24)9-7-16/h2-9,13,19H,10-12,14-15H2,1H3/t19-/m1/s1. The van der Waals surface area contributed by atoms with Crippen LogP contribution in [0.4, 0.5) is 10.1 Å². The molecule has 2 aromatic carbocycles. The lowest BCUT2D eigenvalue weighted by Crippen LogP contribution is -2.50. The highest BCUT2D eigenvalue weighted by Gasteiger charge is 2.34. The van der Waals surface area contributed by atoms with E-state index in [1.165, 1.54) is 22.7 Å². The highest BCUT2D eigenvalue weighted by Crippen LogP contribution is 2.34. The molecule has 0 spiro atoms. The number of hydrogen-bond donors (Lipinski definition) is 0. The third kappa shape index (κ3) is 3.58. The van der Waals surface area contributed by atoms with Gasteiger partial charge in [0.1, 0.15) is 5.82 Å². The lowest BCUT2D eigenvalue weighted by molar-refractivity contribution is 0.0677. The molecule has 5 rings (SSSR count). The van der Waals surface area contributed by atoms with Crippen molar-refractivity contribution in [3.05, 3.63) is 77.4 Å². The fourth-order valence-corrected chi connectivity index (χ4v) is 5.45. The van der Waals surface area contributed by atoms with Gasteiger partial charge in [-0.3, -0.25) is 9.48 Å². The molecule has 0 unspecified atom stereocenters. The van der Waals surface area contributed by atoms with Crippen LogP contribution in [0, 0.1) is 5.82 Å². The first-order chi connectivity index (χ1) is 14.6. The van der Waals surface area contributed by atoms with Crippen LogP contribution < -0.4 is 4.90 Å². The van der Waals surface area contributed by atoms with E-state index in [9.17, 15) is 9.18 Å². The fourth-order valence-electron chi connectivity index (χ4n) is 4.25. The Kier molecular flexibility index (Phi) is 4.98. The number of hydrogen-bond acceptors (Lipinski definition) is 4. The summed E-state index contributed by atoms with van der Waals surface area (Å²) in [5.41, 5.74) is 3.73. The molecule has 0 radical (unpaired) electrons. The highest BCUT2D eigenvalue weighted by molar-refractivity contribution is 7.99. The number of amides is 1. The monoisotopic (exact) mass is 422 g/mol. The number of aromatic nitrogens is 2. The van der Waals surface area contributed by atoms with Crippen LogP contribution >= 0.6 is 11.8 Å². The summed E-state index contributed by atoms with van der Waals surface area (Å²) in [7, 11) is 2.09. The Morgan fingerprint density at radius 3 is 2.80 bits per heavy atom. The van der Waals surface area contributed by atoms with E-state index in [1.807, 2.05) is 22.9 Å². The van der Waals surface area contributed by atoms with E-state index in [0.717, 1.165) is 29.8 Å². The summed E-state index contributed by atoms with van der Waals surface area (Å²) in [6.45, 7) is 2.04. The van der Waals surface area contributed by atoms with Gasteiger partial charge >= 0.3 is 0 Å². The first-order valence-corrected chi connectivity index (χ1v) is 11.1. The molecule has 0 bridgehead atoms. The zero-order valence-corrected chi connectivity index (χ0v) is 17.6. The van der Waals surface area contributed by atoms with Crippen molar-refractivity contribution < 1.29 is 9.18 Å². The van der Waals surface area contributed by atoms with Crippen molar-refractivity contribution in [3.8, 4) is 0 Å². The third-order valence-electron chi connectivity index (χ3n) is 5.81. The van der Waals surface area contributed by atoms with E-state index >= 15 is 0 Å². The Hall–Kier alpha value is -2.80. The molecule has 3 aromatic rings. The van der Waals surface area contributed by atoms with Crippen molar-refractivity contribution in [1.82, 2.24) is 14.7 Å². The first-order valence-electron chi connectivity index (χ1n) is 10.1. The van der Waals surface area contributed by atoms with E-state index < -0.39 is 0 Å². The number of likely N-dealkylation sites (N-methyl/N-ethyl adjacent to an activating group) is 1. The molecular formula is C23H23FN4OS. The molecule has 1 atom stereocenters. The number of halogens is 1. The third-order valence-corrected chi connectivity index (χ3v) is 7.02. The van der Waals surface area contributed by atoms with E-state index in [4.69, 9.17) is 0 Å². The molecule has 1 amide bonds. The maximum Gasteiger partial charge on any atom is 0.274 e. The number of thioether (sulfide) groups is 1. The Balaban J connectivity index is 1.34. The zero-order valence-electron chi connectivity index (χ0n) is 16.8. The predicted molar refractivity (Wildman–Crippen MR) is 117 cm³/mol. The number of benzene rings is 2. The Morgan fingerprint density at radius 2 is 1.97 bits per heavy atom. The summed E-state index contributed by atoms with van der Waals surface area (Å²) in [6, 6.07) is 14.9. The average Bonchev–Trinajstić information content (AvgIpc) is 3.09. The smallest absolute Gasteiger partial charge is 0.274 e. The molecule has 7 heteroatoms. The second-order valence-corrected chi connectivity index (χ2v) is 8.95. The van der Waals surface area contributed by atoms with E-state index in [-0.39, 0.29) is 17.8 Å². The molecule has 5 nitrogen and oxygen atoms in total. The van der Waals surface area contributed by atoms with Gasteiger partial charge in [0.05, 0.1) is 18.3 Å². The van der Waals surface area contributed by atoms with Crippen molar-refractivity contribution in [2.24, 2.45) is 0 Å². The van der Waals surface area contributed by atoms with Crippen LogP contribution in [0.15, 0.2) is 59.6 Å². The molecule has 3 heterocycles. The van der Waals surface area contributed by atoms with Gasteiger partial charge in [-0.05, 0) is 36.2 Å². The predicted octanol–water partition coefficient (Wildman–Crippen LogP) is 3.68. The van der Waals surface area contributed by atoms with Crippen LogP contribution in [0.5, 0.6) is 0 Å². The van der Waals surface area contributed by atoms with Crippen LogP contribution in [0.25, 0.3) is 0 Å². The second-order valence-electron chi connectivity index (χ2n) is 7.89. The van der Waals surface area contributed by atoms with Crippen molar-refractivity contribution in [3.63, 3.8) is 0 Å². The molecule has 0 saturated carbocycles. The van der Waals surface area contributed by atoms with Gasteiger partial charge in [0.2, 0.25) is 0 Å². The molecule has 0 aliphatic carbocycles. The van der Waals surface area contributed by atoms with E-state index in [2.05, 4.69) is 41.3 Å². The maximum absolute atomic E-state index is 13.3. The number of nitrogens with zero attached hydrogens (tertiary/aromatic N) is 4. The average molecular weight is 423 g/mol. The lowest BCUT2D eigenvalue weighted by atomic mass is 10.1. The van der Waals surface area contributed by atoms with Gasteiger partial charge in [-0.1, -0.05) is 24.3 Å². The lowest BCUT2D eigenvalue weighted by Gasteiger charge is -2.35. The molecule has 2 aliphatic heterocycles. The highest BCUT2D eigenvalue weighted by atomic mass is 32.2. The van der Waals surface area contributed by atoms with Crippen LogP contribution in [-0.2, 0) is 13.0 Å².